The van der Waals surface area contributed by atoms with E-state index in [2.05, 4.69) is 16.5 Å². The molecule has 0 aliphatic rings. The topological polar surface area (TPSA) is 38.0 Å². The van der Waals surface area contributed by atoms with Gasteiger partial charge in [0.2, 0.25) is 0 Å². The van der Waals surface area contributed by atoms with E-state index in [1.54, 1.807) is 6.20 Å². The highest BCUT2D eigenvalue weighted by Crippen LogP contribution is 2.34. The van der Waals surface area contributed by atoms with Gasteiger partial charge in [-0.3, -0.25) is 4.98 Å². The number of aromatic nitrogens is 2. The molecule has 20 heavy (non-hydrogen) atoms. The lowest BCUT2D eigenvalue weighted by molar-refractivity contribution is 0.278. The fourth-order valence-corrected chi connectivity index (χ4v) is 2.87. The summed E-state index contributed by atoms with van der Waals surface area (Å²) in [5.41, 5.74) is 4.37. The Hall–Kier alpha value is -1.84. The average molecular weight is 287 g/mol. The van der Waals surface area contributed by atoms with Crippen LogP contribution in [0.2, 0.25) is 5.02 Å². The Labute approximate surface area is 122 Å². The van der Waals surface area contributed by atoms with E-state index < -0.39 is 0 Å². The summed E-state index contributed by atoms with van der Waals surface area (Å²) < 4.78 is 2.12. The van der Waals surface area contributed by atoms with Crippen LogP contribution in [0, 0.1) is 6.92 Å². The van der Waals surface area contributed by atoms with Crippen molar-refractivity contribution in [1.82, 2.24) is 9.55 Å². The summed E-state index contributed by atoms with van der Waals surface area (Å²) in [4.78, 5) is 4.19. The van der Waals surface area contributed by atoms with Gasteiger partial charge in [0.25, 0.3) is 0 Å². The quantitative estimate of drug-likeness (QED) is 0.798. The van der Waals surface area contributed by atoms with Crippen LogP contribution in [0.1, 0.15) is 5.56 Å². The molecule has 0 aliphatic carbocycles. The first-order valence-corrected chi connectivity index (χ1v) is 6.90. The lowest BCUT2D eigenvalue weighted by Crippen LogP contribution is -2.04. The van der Waals surface area contributed by atoms with Crippen LogP contribution in [0.15, 0.2) is 42.7 Å². The number of hydrogen-bond donors (Lipinski definition) is 1. The van der Waals surface area contributed by atoms with E-state index in [0.717, 1.165) is 32.7 Å². The molecule has 0 atom stereocenters. The second kappa shape index (κ2) is 5.27. The van der Waals surface area contributed by atoms with E-state index in [1.165, 1.54) is 0 Å². The van der Waals surface area contributed by atoms with Crippen LogP contribution in [0.4, 0.5) is 0 Å². The van der Waals surface area contributed by atoms with Crippen LogP contribution in [0.5, 0.6) is 0 Å². The Morgan fingerprint density at radius 2 is 2.15 bits per heavy atom. The maximum atomic E-state index is 9.35. The predicted molar refractivity (Wildman–Crippen MR) is 82.0 cm³/mol. The Morgan fingerprint density at radius 1 is 1.30 bits per heavy atom. The zero-order valence-electron chi connectivity index (χ0n) is 11.2. The van der Waals surface area contributed by atoms with Gasteiger partial charge in [-0.1, -0.05) is 11.6 Å². The molecule has 0 fully saturated rings. The zero-order valence-corrected chi connectivity index (χ0v) is 11.9. The Kier molecular flexibility index (Phi) is 3.47. The first-order chi connectivity index (χ1) is 9.72. The molecular weight excluding hydrogens is 272 g/mol. The molecule has 0 saturated heterocycles. The number of nitrogens with zero attached hydrogens (tertiary/aromatic N) is 2. The smallest absolute Gasteiger partial charge is 0.0610 e. The molecule has 0 amide bonds. The van der Waals surface area contributed by atoms with E-state index in [-0.39, 0.29) is 6.61 Å². The minimum Gasteiger partial charge on any atom is -0.395 e. The molecule has 0 saturated carbocycles. The van der Waals surface area contributed by atoms with E-state index in [4.69, 9.17) is 11.6 Å². The lowest BCUT2D eigenvalue weighted by atomic mass is 10.1. The summed E-state index contributed by atoms with van der Waals surface area (Å²) in [6.45, 7) is 2.73. The van der Waals surface area contributed by atoms with Gasteiger partial charge in [-0.2, -0.15) is 0 Å². The molecule has 0 unspecified atom stereocenters. The van der Waals surface area contributed by atoms with Crippen LogP contribution in [-0.4, -0.2) is 21.3 Å². The van der Waals surface area contributed by atoms with E-state index in [9.17, 15) is 5.11 Å². The molecule has 0 aliphatic heterocycles. The fraction of sp³-hybridized carbons (Fsp3) is 0.188. The van der Waals surface area contributed by atoms with E-state index in [1.807, 2.05) is 36.5 Å². The number of benzene rings is 1. The van der Waals surface area contributed by atoms with Crippen LogP contribution < -0.4 is 0 Å². The number of aliphatic hydroxyl groups excluding tert-OH is 1. The summed E-state index contributed by atoms with van der Waals surface area (Å²) in [6.07, 6.45) is 3.60. The van der Waals surface area contributed by atoms with Gasteiger partial charge in [0.15, 0.2) is 0 Å². The Balaban J connectivity index is 2.35. The first-order valence-electron chi connectivity index (χ1n) is 6.52. The fourth-order valence-electron chi connectivity index (χ4n) is 2.70. The maximum Gasteiger partial charge on any atom is 0.0610 e. The number of halogens is 1. The number of rotatable bonds is 3. The summed E-state index contributed by atoms with van der Waals surface area (Å²) in [7, 11) is 0. The SMILES string of the molecule is Cc1c(-c2cccnc2)n(CCO)c2ccc(Cl)cc12. The van der Waals surface area contributed by atoms with Gasteiger partial charge in [0, 0.05) is 40.4 Å². The third-order valence-corrected chi connectivity index (χ3v) is 3.77. The van der Waals surface area contributed by atoms with E-state index >= 15 is 0 Å². The van der Waals surface area contributed by atoms with E-state index in [0.29, 0.717) is 6.54 Å². The number of aryl methyl sites for hydroxylation is 1. The number of fused-ring (bicyclic) bond motifs is 1. The van der Waals surface area contributed by atoms with Gasteiger partial charge in [-0.05, 0) is 42.8 Å². The molecule has 0 spiro atoms. The molecular formula is C16H15ClN2O. The summed E-state index contributed by atoms with van der Waals surface area (Å²) >= 11 is 6.10. The van der Waals surface area contributed by atoms with Gasteiger partial charge < -0.3 is 9.67 Å². The zero-order chi connectivity index (χ0) is 14.1. The number of aliphatic hydroxyl groups is 1. The Morgan fingerprint density at radius 3 is 2.85 bits per heavy atom. The highest BCUT2D eigenvalue weighted by molar-refractivity contribution is 6.31. The molecule has 0 radical (unpaired) electrons. The maximum absolute atomic E-state index is 9.35. The largest absolute Gasteiger partial charge is 0.395 e. The number of hydrogen-bond acceptors (Lipinski definition) is 2. The molecule has 102 valence electrons. The van der Waals surface area contributed by atoms with Gasteiger partial charge >= 0.3 is 0 Å². The molecule has 4 heteroatoms. The molecule has 1 N–H and O–H groups in total. The molecule has 3 nitrogen and oxygen atoms in total. The van der Waals surface area contributed by atoms with Gasteiger partial charge in [0.1, 0.15) is 0 Å². The molecule has 2 heterocycles. The van der Waals surface area contributed by atoms with Crippen molar-refractivity contribution in [2.75, 3.05) is 6.61 Å². The van der Waals surface area contributed by atoms with Crippen LogP contribution in [0.25, 0.3) is 22.2 Å². The third kappa shape index (κ3) is 2.09. The van der Waals surface area contributed by atoms with Gasteiger partial charge in [-0.25, -0.2) is 0 Å². The van der Waals surface area contributed by atoms with Crippen LogP contribution in [0.3, 0.4) is 0 Å². The summed E-state index contributed by atoms with van der Waals surface area (Å²) in [5, 5.41) is 11.2. The van der Waals surface area contributed by atoms with Crippen molar-refractivity contribution in [2.24, 2.45) is 0 Å². The van der Waals surface area contributed by atoms with Crippen molar-refractivity contribution in [3.05, 3.63) is 53.3 Å². The van der Waals surface area contributed by atoms with Crippen LogP contribution in [-0.2, 0) is 6.54 Å². The normalized spacial score (nSPS) is 11.2. The van der Waals surface area contributed by atoms with Crippen LogP contribution >= 0.6 is 11.6 Å². The molecule has 0 bridgehead atoms. The van der Waals surface area contributed by atoms with Crippen molar-refractivity contribution in [2.45, 2.75) is 13.5 Å². The minimum absolute atomic E-state index is 0.0963. The average Bonchev–Trinajstić information content (AvgIpc) is 2.73. The number of pyridine rings is 1. The van der Waals surface area contributed by atoms with Gasteiger partial charge in [-0.15, -0.1) is 0 Å². The van der Waals surface area contributed by atoms with Crippen molar-refractivity contribution < 1.29 is 5.11 Å². The summed E-state index contributed by atoms with van der Waals surface area (Å²) in [6, 6.07) is 9.80. The van der Waals surface area contributed by atoms with Crippen molar-refractivity contribution >= 4 is 22.5 Å². The highest BCUT2D eigenvalue weighted by atomic mass is 35.5. The lowest BCUT2D eigenvalue weighted by Gasteiger charge is -2.09. The Bertz CT molecular complexity index is 750. The molecule has 3 rings (SSSR count). The second-order valence-corrected chi connectivity index (χ2v) is 5.19. The highest BCUT2D eigenvalue weighted by Gasteiger charge is 2.15. The molecule has 1 aromatic carbocycles. The van der Waals surface area contributed by atoms with Gasteiger partial charge in [0.05, 0.1) is 12.3 Å². The van der Waals surface area contributed by atoms with Crippen molar-refractivity contribution in [3.8, 4) is 11.3 Å². The standard InChI is InChI=1S/C16H15ClN2O/c1-11-14-9-13(17)4-5-15(14)19(7-8-20)16(11)12-3-2-6-18-10-12/h2-6,9-10,20H,7-8H2,1H3. The summed E-state index contributed by atoms with van der Waals surface area (Å²) in [5.74, 6) is 0. The van der Waals surface area contributed by atoms with Crippen molar-refractivity contribution in [1.29, 1.82) is 0 Å². The first kappa shape index (κ1) is 13.2. The molecule has 3 aromatic rings. The predicted octanol–water partition coefficient (Wildman–Crippen LogP) is 3.66. The molecule has 2 aromatic heterocycles. The third-order valence-electron chi connectivity index (χ3n) is 3.54. The van der Waals surface area contributed by atoms with Crippen molar-refractivity contribution in [3.63, 3.8) is 0 Å². The second-order valence-electron chi connectivity index (χ2n) is 4.75. The monoisotopic (exact) mass is 286 g/mol. The minimum atomic E-state index is 0.0963.